The first-order valence-electron chi connectivity index (χ1n) is 6.92. The molecule has 0 aliphatic heterocycles. The number of hydrogen-bond donors (Lipinski definition) is 1. The normalized spacial score (nSPS) is 12.2. The van der Waals surface area contributed by atoms with Crippen LogP contribution in [0.2, 0.25) is 0 Å². The van der Waals surface area contributed by atoms with E-state index in [-0.39, 0.29) is 0 Å². The summed E-state index contributed by atoms with van der Waals surface area (Å²) in [4.78, 5) is 2.28. The zero-order chi connectivity index (χ0) is 14.3. The van der Waals surface area contributed by atoms with Gasteiger partial charge in [-0.2, -0.15) is 0 Å². The zero-order valence-corrected chi connectivity index (χ0v) is 12.5. The smallest absolute Gasteiger partial charge is 0.144 e. The van der Waals surface area contributed by atoms with Crippen molar-refractivity contribution in [2.75, 3.05) is 37.5 Å². The van der Waals surface area contributed by atoms with E-state index in [9.17, 15) is 0 Å². The largest absolute Gasteiger partial charge is 0.492 e. The molecule has 0 saturated heterocycles. The van der Waals surface area contributed by atoms with E-state index in [1.807, 2.05) is 25.1 Å². The molecular formula is C15H26N2O2. The molecule has 0 spiro atoms. The van der Waals surface area contributed by atoms with Gasteiger partial charge in [0.05, 0.1) is 24.6 Å². The molecule has 4 heteroatoms. The van der Waals surface area contributed by atoms with Crippen LogP contribution in [0.3, 0.4) is 0 Å². The fourth-order valence-electron chi connectivity index (χ4n) is 2.05. The number of para-hydroxylation sites is 1. The van der Waals surface area contributed by atoms with Gasteiger partial charge < -0.3 is 20.1 Å². The van der Waals surface area contributed by atoms with Gasteiger partial charge in [-0.15, -0.1) is 0 Å². The molecule has 108 valence electrons. The lowest BCUT2D eigenvalue weighted by atomic mass is 10.1. The van der Waals surface area contributed by atoms with Gasteiger partial charge in [-0.25, -0.2) is 0 Å². The van der Waals surface area contributed by atoms with Crippen molar-refractivity contribution in [3.63, 3.8) is 0 Å². The second-order valence-corrected chi connectivity index (χ2v) is 4.57. The Bertz CT molecular complexity index is 382. The second-order valence-electron chi connectivity index (χ2n) is 4.57. The van der Waals surface area contributed by atoms with Crippen LogP contribution < -0.4 is 15.4 Å². The summed E-state index contributed by atoms with van der Waals surface area (Å²) in [6.07, 6.45) is 1.06. The summed E-state index contributed by atoms with van der Waals surface area (Å²) in [5.74, 6) is 0.755. The van der Waals surface area contributed by atoms with E-state index in [2.05, 4.69) is 18.7 Å². The van der Waals surface area contributed by atoms with Crippen LogP contribution in [0.4, 0.5) is 11.4 Å². The number of nitrogens with zero attached hydrogens (tertiary/aromatic N) is 1. The third kappa shape index (κ3) is 4.03. The van der Waals surface area contributed by atoms with Crippen molar-refractivity contribution in [2.45, 2.75) is 33.2 Å². The van der Waals surface area contributed by atoms with E-state index in [0.29, 0.717) is 24.9 Å². The first-order chi connectivity index (χ1) is 9.15. The van der Waals surface area contributed by atoms with Gasteiger partial charge in [0.1, 0.15) is 5.75 Å². The predicted molar refractivity (Wildman–Crippen MR) is 81.0 cm³/mol. The summed E-state index contributed by atoms with van der Waals surface area (Å²) in [6.45, 7) is 8.46. The molecule has 0 radical (unpaired) electrons. The van der Waals surface area contributed by atoms with E-state index >= 15 is 0 Å². The van der Waals surface area contributed by atoms with Gasteiger partial charge in [0, 0.05) is 19.7 Å². The van der Waals surface area contributed by atoms with Crippen LogP contribution in [0.5, 0.6) is 5.75 Å². The molecule has 0 heterocycles. The highest BCUT2D eigenvalue weighted by molar-refractivity contribution is 5.74. The Hall–Kier alpha value is -1.42. The summed E-state index contributed by atoms with van der Waals surface area (Å²) >= 11 is 0. The van der Waals surface area contributed by atoms with Gasteiger partial charge in [0.2, 0.25) is 0 Å². The molecule has 1 aromatic carbocycles. The van der Waals surface area contributed by atoms with Crippen molar-refractivity contribution in [1.29, 1.82) is 0 Å². The molecule has 0 aliphatic carbocycles. The Morgan fingerprint density at radius 2 is 2.05 bits per heavy atom. The van der Waals surface area contributed by atoms with Gasteiger partial charge >= 0.3 is 0 Å². The number of anilines is 2. The average Bonchev–Trinajstić information content (AvgIpc) is 2.42. The van der Waals surface area contributed by atoms with E-state index in [4.69, 9.17) is 15.2 Å². The monoisotopic (exact) mass is 266 g/mol. The number of methoxy groups -OCH3 is 1. The summed E-state index contributed by atoms with van der Waals surface area (Å²) in [7, 11) is 1.72. The number of benzene rings is 1. The van der Waals surface area contributed by atoms with Crippen molar-refractivity contribution in [2.24, 2.45) is 0 Å². The number of nitrogen functional groups attached to an aromatic ring is 1. The zero-order valence-electron chi connectivity index (χ0n) is 12.5. The second kappa shape index (κ2) is 7.89. The predicted octanol–water partition coefficient (Wildman–Crippen LogP) is 2.92. The molecule has 2 N–H and O–H groups in total. The standard InChI is InChI=1S/C15H26N2O2/c1-5-12(3)17(10-11-18-4)13-8-7-9-14(15(13)16)19-6-2/h7-9,12H,5-6,10-11,16H2,1-4H3. The molecule has 0 saturated carbocycles. The molecule has 0 aliphatic rings. The van der Waals surface area contributed by atoms with E-state index < -0.39 is 0 Å². The van der Waals surface area contributed by atoms with E-state index in [0.717, 1.165) is 24.4 Å². The van der Waals surface area contributed by atoms with Crippen molar-refractivity contribution >= 4 is 11.4 Å². The van der Waals surface area contributed by atoms with Gasteiger partial charge in [-0.05, 0) is 32.4 Å². The van der Waals surface area contributed by atoms with Crippen LogP contribution in [-0.4, -0.2) is 32.9 Å². The molecule has 0 aromatic heterocycles. The van der Waals surface area contributed by atoms with Crippen molar-refractivity contribution < 1.29 is 9.47 Å². The van der Waals surface area contributed by atoms with Crippen molar-refractivity contribution in [1.82, 2.24) is 0 Å². The van der Waals surface area contributed by atoms with Gasteiger partial charge in [-0.1, -0.05) is 13.0 Å². The fraction of sp³-hybridized carbons (Fsp3) is 0.600. The molecule has 1 unspecified atom stereocenters. The molecule has 4 nitrogen and oxygen atoms in total. The highest BCUT2D eigenvalue weighted by Gasteiger charge is 2.17. The molecular weight excluding hydrogens is 240 g/mol. The van der Waals surface area contributed by atoms with Crippen LogP contribution in [0.25, 0.3) is 0 Å². The first kappa shape index (κ1) is 15.6. The SMILES string of the molecule is CCOc1cccc(N(CCOC)C(C)CC)c1N. The summed E-state index contributed by atoms with van der Waals surface area (Å²) in [5.41, 5.74) is 7.96. The Morgan fingerprint density at radius 1 is 1.32 bits per heavy atom. The molecule has 1 aromatic rings. The van der Waals surface area contributed by atoms with E-state index in [1.54, 1.807) is 7.11 Å². The lowest BCUT2D eigenvalue weighted by Gasteiger charge is -2.32. The van der Waals surface area contributed by atoms with Crippen LogP contribution in [-0.2, 0) is 4.74 Å². The molecule has 19 heavy (non-hydrogen) atoms. The Balaban J connectivity index is 3.03. The van der Waals surface area contributed by atoms with Gasteiger partial charge in [-0.3, -0.25) is 0 Å². The number of nitrogens with two attached hydrogens (primary N) is 1. The lowest BCUT2D eigenvalue weighted by Crippen LogP contribution is -2.36. The molecule has 0 amide bonds. The minimum Gasteiger partial charge on any atom is -0.492 e. The minimum absolute atomic E-state index is 0.411. The first-order valence-corrected chi connectivity index (χ1v) is 6.92. The lowest BCUT2D eigenvalue weighted by molar-refractivity contribution is 0.203. The Kier molecular flexibility index (Phi) is 6.50. The third-order valence-electron chi connectivity index (χ3n) is 3.31. The maximum Gasteiger partial charge on any atom is 0.144 e. The Labute approximate surface area is 116 Å². The topological polar surface area (TPSA) is 47.7 Å². The van der Waals surface area contributed by atoms with Crippen LogP contribution in [0, 0.1) is 0 Å². The van der Waals surface area contributed by atoms with Crippen molar-refractivity contribution in [3.05, 3.63) is 18.2 Å². The summed E-state index contributed by atoms with van der Waals surface area (Å²) in [6, 6.07) is 6.35. The van der Waals surface area contributed by atoms with Crippen LogP contribution in [0.1, 0.15) is 27.2 Å². The maximum absolute atomic E-state index is 6.23. The van der Waals surface area contributed by atoms with Crippen molar-refractivity contribution in [3.8, 4) is 5.75 Å². The number of rotatable bonds is 8. The average molecular weight is 266 g/mol. The number of ether oxygens (including phenoxy) is 2. The van der Waals surface area contributed by atoms with Gasteiger partial charge in [0.15, 0.2) is 0 Å². The van der Waals surface area contributed by atoms with Crippen LogP contribution >= 0.6 is 0 Å². The Morgan fingerprint density at radius 3 is 2.63 bits per heavy atom. The maximum atomic E-state index is 6.23. The van der Waals surface area contributed by atoms with Crippen LogP contribution in [0.15, 0.2) is 18.2 Å². The highest BCUT2D eigenvalue weighted by atomic mass is 16.5. The fourth-order valence-corrected chi connectivity index (χ4v) is 2.05. The van der Waals surface area contributed by atoms with Gasteiger partial charge in [0.25, 0.3) is 0 Å². The third-order valence-corrected chi connectivity index (χ3v) is 3.31. The summed E-state index contributed by atoms with van der Waals surface area (Å²) < 4.78 is 10.8. The number of hydrogen-bond acceptors (Lipinski definition) is 4. The molecule has 0 fully saturated rings. The molecule has 1 atom stereocenters. The molecule has 0 bridgehead atoms. The minimum atomic E-state index is 0.411. The summed E-state index contributed by atoms with van der Waals surface area (Å²) in [5, 5.41) is 0. The van der Waals surface area contributed by atoms with E-state index in [1.165, 1.54) is 0 Å². The molecule has 1 rings (SSSR count). The quantitative estimate of drug-likeness (QED) is 0.735. The highest BCUT2D eigenvalue weighted by Crippen LogP contribution is 2.33.